The van der Waals surface area contributed by atoms with Gasteiger partial charge in [0, 0.05) is 44.1 Å². The summed E-state index contributed by atoms with van der Waals surface area (Å²) >= 11 is 0. The molecule has 1 N–H and O–H groups in total. The number of hydrogen-bond acceptors (Lipinski definition) is 7. The van der Waals surface area contributed by atoms with E-state index in [0.717, 1.165) is 52.1 Å². The van der Waals surface area contributed by atoms with Gasteiger partial charge in [0.2, 0.25) is 5.95 Å². The van der Waals surface area contributed by atoms with E-state index in [9.17, 15) is 4.91 Å². The molecule has 252 valence electrons. The summed E-state index contributed by atoms with van der Waals surface area (Å²) in [5.74, 6) is 4.30. The maximum absolute atomic E-state index is 11.7. The standard InChI is InChI=1S/C20H26NO3.C19H28N4/c1-6-15-14-17(21(22)23-5)8-7-9-19(15)24-18-12-10-16(11-13-18)20(2,3)4;1-14-8-6-10-15(11-7-9-14)20-19-21-17-13-5-4-12-16(17)18(22-19)23(2)3/h7-8,10-14H,6,9H2,1-5H3;4-5,12-15H,6-11H2,1-3H3,(H,20,21,22)/q+1;. The number of anilines is 2. The molecule has 2 aromatic carbocycles. The van der Waals surface area contributed by atoms with Gasteiger partial charge in [-0.25, -0.2) is 9.82 Å². The van der Waals surface area contributed by atoms with Crippen molar-refractivity contribution in [2.45, 2.75) is 97.4 Å². The number of nitrogens with one attached hydrogen (secondary N) is 1. The van der Waals surface area contributed by atoms with E-state index in [1.165, 1.54) is 51.2 Å². The molecule has 0 radical (unpaired) electrons. The van der Waals surface area contributed by atoms with Crippen molar-refractivity contribution < 1.29 is 14.5 Å². The van der Waals surface area contributed by atoms with Crippen molar-refractivity contribution >= 4 is 22.7 Å². The monoisotopic (exact) mass is 640 g/mol. The summed E-state index contributed by atoms with van der Waals surface area (Å²) in [6, 6.07) is 16.9. The molecule has 0 aliphatic heterocycles. The van der Waals surface area contributed by atoms with Gasteiger partial charge in [-0.15, -0.1) is 0 Å². The van der Waals surface area contributed by atoms with Gasteiger partial charge in [0.15, 0.2) is 7.11 Å². The summed E-state index contributed by atoms with van der Waals surface area (Å²) in [6.07, 6.45) is 14.6. The van der Waals surface area contributed by atoms with E-state index in [1.54, 1.807) is 6.08 Å². The lowest BCUT2D eigenvalue weighted by atomic mass is 9.87. The summed E-state index contributed by atoms with van der Waals surface area (Å²) in [4.78, 5) is 28.5. The fourth-order valence-electron chi connectivity index (χ4n) is 6.02. The quantitative estimate of drug-likeness (QED) is 0.246. The number of hydrogen-bond donors (Lipinski definition) is 1. The maximum Gasteiger partial charge on any atom is 0.316 e. The smallest absolute Gasteiger partial charge is 0.316 e. The molecule has 2 aliphatic rings. The molecule has 47 heavy (non-hydrogen) atoms. The first-order valence-electron chi connectivity index (χ1n) is 17.1. The summed E-state index contributed by atoms with van der Waals surface area (Å²) < 4.78 is 6.09. The summed E-state index contributed by atoms with van der Waals surface area (Å²) in [7, 11) is 5.43. The number of para-hydroxylation sites is 1. The second-order valence-electron chi connectivity index (χ2n) is 13.9. The highest BCUT2D eigenvalue weighted by Crippen LogP contribution is 2.29. The van der Waals surface area contributed by atoms with Crippen LogP contribution in [0.1, 0.15) is 91.5 Å². The Morgan fingerprint density at radius 3 is 2.28 bits per heavy atom. The van der Waals surface area contributed by atoms with Crippen LogP contribution in [-0.2, 0) is 10.3 Å². The normalized spacial score (nSPS) is 18.6. The van der Waals surface area contributed by atoms with Gasteiger partial charge in [0.05, 0.1) is 10.4 Å². The predicted molar refractivity (Wildman–Crippen MR) is 194 cm³/mol. The molecule has 1 aromatic heterocycles. The summed E-state index contributed by atoms with van der Waals surface area (Å²) in [6.45, 7) is 11.0. The second-order valence-corrected chi connectivity index (χ2v) is 13.9. The number of ether oxygens (including phenoxy) is 1. The van der Waals surface area contributed by atoms with Crippen LogP contribution >= 0.6 is 0 Å². The lowest BCUT2D eigenvalue weighted by molar-refractivity contribution is -0.758. The Hall–Kier alpha value is -4.20. The van der Waals surface area contributed by atoms with Crippen molar-refractivity contribution in [1.82, 2.24) is 9.97 Å². The average molecular weight is 641 g/mol. The third-order valence-electron chi connectivity index (χ3n) is 8.83. The van der Waals surface area contributed by atoms with Crippen LogP contribution in [0.25, 0.3) is 10.9 Å². The summed E-state index contributed by atoms with van der Waals surface area (Å²) in [5.41, 5.74) is 3.86. The molecule has 0 atom stereocenters. The number of aromatic nitrogens is 2. The zero-order chi connectivity index (χ0) is 34.0. The summed E-state index contributed by atoms with van der Waals surface area (Å²) in [5, 5.41) is 4.71. The first kappa shape index (κ1) is 35.7. The van der Waals surface area contributed by atoms with Crippen molar-refractivity contribution in [3.05, 3.63) is 94.3 Å². The van der Waals surface area contributed by atoms with Crippen LogP contribution in [0.4, 0.5) is 11.8 Å². The number of benzene rings is 2. The van der Waals surface area contributed by atoms with Gasteiger partial charge in [0.1, 0.15) is 17.3 Å². The van der Waals surface area contributed by atoms with Crippen LogP contribution in [0.5, 0.6) is 5.75 Å². The molecule has 1 fully saturated rings. The third-order valence-corrected chi connectivity index (χ3v) is 8.83. The SMILES string of the molecule is CC1CCCC(Nc2nc(N(C)C)c3ccccc3n2)CCC1.CCC1=C(Oc2ccc(C(C)(C)C)cc2)CC=CC([N+](=O)OC)=C1. The highest BCUT2D eigenvalue weighted by molar-refractivity contribution is 5.90. The van der Waals surface area contributed by atoms with Gasteiger partial charge in [0.25, 0.3) is 4.92 Å². The molecule has 3 aromatic rings. The van der Waals surface area contributed by atoms with Gasteiger partial charge in [-0.2, -0.15) is 4.98 Å². The maximum atomic E-state index is 11.7. The zero-order valence-corrected chi connectivity index (χ0v) is 29.7. The Morgan fingerprint density at radius 1 is 0.979 bits per heavy atom. The van der Waals surface area contributed by atoms with E-state index in [2.05, 4.69) is 62.2 Å². The molecule has 2 aliphatic carbocycles. The van der Waals surface area contributed by atoms with Crippen LogP contribution in [0.3, 0.4) is 0 Å². The fourth-order valence-corrected chi connectivity index (χ4v) is 6.02. The first-order chi connectivity index (χ1) is 22.5. The van der Waals surface area contributed by atoms with Crippen molar-refractivity contribution in [1.29, 1.82) is 0 Å². The first-order valence-corrected chi connectivity index (χ1v) is 17.1. The van der Waals surface area contributed by atoms with E-state index in [0.29, 0.717) is 23.1 Å². The minimum atomic E-state index is 0.118. The van der Waals surface area contributed by atoms with E-state index >= 15 is 0 Å². The molecule has 0 bridgehead atoms. The lowest BCUT2D eigenvalue weighted by Crippen LogP contribution is -2.23. The van der Waals surface area contributed by atoms with Crippen LogP contribution in [0.15, 0.2) is 83.8 Å². The van der Waals surface area contributed by atoms with Crippen molar-refractivity contribution in [2.24, 2.45) is 5.92 Å². The van der Waals surface area contributed by atoms with E-state index in [1.807, 2.05) is 57.4 Å². The van der Waals surface area contributed by atoms with Crippen molar-refractivity contribution in [2.75, 3.05) is 31.4 Å². The molecular formula is C39H54N5O3+. The Labute approximate surface area is 281 Å². The second kappa shape index (κ2) is 16.6. The van der Waals surface area contributed by atoms with E-state index in [-0.39, 0.29) is 5.41 Å². The molecule has 0 amide bonds. The predicted octanol–water partition coefficient (Wildman–Crippen LogP) is 9.68. The molecule has 0 saturated heterocycles. The topological polar surface area (TPSA) is 79.6 Å². The van der Waals surface area contributed by atoms with Crippen molar-refractivity contribution in [3.63, 3.8) is 0 Å². The van der Waals surface area contributed by atoms with Gasteiger partial charge >= 0.3 is 5.70 Å². The van der Waals surface area contributed by atoms with Crippen LogP contribution in [0.2, 0.25) is 0 Å². The highest BCUT2D eigenvalue weighted by atomic mass is 16.8. The molecule has 0 spiro atoms. The Morgan fingerprint density at radius 2 is 1.66 bits per heavy atom. The number of fused-ring (bicyclic) bond motifs is 1. The largest absolute Gasteiger partial charge is 0.461 e. The Balaban J connectivity index is 0.000000213. The fraction of sp³-hybridized carbons (Fsp3) is 0.487. The lowest BCUT2D eigenvalue weighted by Gasteiger charge is -2.24. The molecular weight excluding hydrogens is 586 g/mol. The molecule has 5 rings (SSSR count). The van der Waals surface area contributed by atoms with Gasteiger partial charge < -0.3 is 15.0 Å². The molecule has 1 saturated carbocycles. The van der Waals surface area contributed by atoms with Crippen LogP contribution < -0.4 is 15.0 Å². The van der Waals surface area contributed by atoms with Gasteiger partial charge in [-0.05, 0) is 66.0 Å². The molecule has 1 heterocycles. The Kier molecular flexibility index (Phi) is 12.6. The molecule has 8 heteroatoms. The Bertz CT molecular complexity index is 1570. The highest BCUT2D eigenvalue weighted by Gasteiger charge is 2.21. The van der Waals surface area contributed by atoms with Crippen LogP contribution in [0, 0.1) is 10.8 Å². The number of rotatable bonds is 8. The average Bonchev–Trinajstić information content (AvgIpc) is 3.25. The number of nitrogens with zero attached hydrogens (tertiary/aromatic N) is 4. The third kappa shape index (κ3) is 10.1. The zero-order valence-electron chi connectivity index (χ0n) is 29.7. The van der Waals surface area contributed by atoms with Crippen LogP contribution in [-0.4, -0.2) is 42.1 Å². The molecule has 8 nitrogen and oxygen atoms in total. The van der Waals surface area contributed by atoms with E-state index < -0.39 is 0 Å². The number of allylic oxidation sites excluding steroid dienone is 4. The van der Waals surface area contributed by atoms with Gasteiger partial charge in [-0.1, -0.05) is 90.6 Å². The molecule has 0 unspecified atom stereocenters. The minimum Gasteiger partial charge on any atom is -0.461 e. The van der Waals surface area contributed by atoms with E-state index in [4.69, 9.17) is 19.5 Å². The van der Waals surface area contributed by atoms with Gasteiger partial charge in [-0.3, -0.25) is 0 Å². The minimum absolute atomic E-state index is 0.118. The van der Waals surface area contributed by atoms with Crippen molar-refractivity contribution in [3.8, 4) is 5.75 Å².